The van der Waals surface area contributed by atoms with Gasteiger partial charge in [-0.25, -0.2) is 0 Å². The number of nitrogens with zero attached hydrogens (tertiary/aromatic N) is 2. The number of carbonyl (C=O) groups excluding carboxylic acids is 1. The van der Waals surface area contributed by atoms with Gasteiger partial charge in [0.1, 0.15) is 0 Å². The van der Waals surface area contributed by atoms with Crippen molar-refractivity contribution in [1.82, 2.24) is 10.2 Å². The van der Waals surface area contributed by atoms with E-state index in [-0.39, 0.29) is 11.0 Å². The average Bonchev–Trinajstić information content (AvgIpc) is 2.90. The molecule has 0 aliphatic rings. The molecule has 0 saturated heterocycles. The van der Waals surface area contributed by atoms with Crippen molar-refractivity contribution in [1.29, 1.82) is 0 Å². The van der Waals surface area contributed by atoms with E-state index in [1.165, 1.54) is 28.7 Å². The van der Waals surface area contributed by atoms with E-state index in [1.807, 2.05) is 13.0 Å². The van der Waals surface area contributed by atoms with Gasteiger partial charge in [-0.2, -0.15) is 0 Å². The van der Waals surface area contributed by atoms with Crippen LogP contribution in [0.1, 0.15) is 67.9 Å². The highest BCUT2D eigenvalue weighted by molar-refractivity contribution is 8.02. The number of hydrogen-bond acceptors (Lipinski definition) is 6. The summed E-state index contributed by atoms with van der Waals surface area (Å²) in [5.74, 6) is 0.887. The summed E-state index contributed by atoms with van der Waals surface area (Å²) in [7, 11) is 0. The van der Waals surface area contributed by atoms with Crippen molar-refractivity contribution >= 4 is 34.0 Å². The Bertz CT molecular complexity index is 695. The predicted octanol–water partition coefficient (Wildman–Crippen LogP) is 4.73. The Labute approximate surface area is 145 Å². The number of ketones is 1. The number of rotatable bonds is 6. The number of thioether (sulfide) groups is 1. The summed E-state index contributed by atoms with van der Waals surface area (Å²) in [5.41, 5.74) is 8.79. The molecular weight excluding hydrogens is 326 g/mol. The van der Waals surface area contributed by atoms with Crippen molar-refractivity contribution in [2.45, 2.75) is 56.0 Å². The van der Waals surface area contributed by atoms with Crippen LogP contribution in [-0.2, 0) is 0 Å². The SMILES string of the molecule is CC(Sc1nnc(N)s1)C(=O)c1ccc(C(C)C)cc1C(C)C. The van der Waals surface area contributed by atoms with Gasteiger partial charge in [-0.3, -0.25) is 4.79 Å². The van der Waals surface area contributed by atoms with Crippen LogP contribution in [0.5, 0.6) is 0 Å². The van der Waals surface area contributed by atoms with Crippen LogP contribution in [0.4, 0.5) is 5.13 Å². The zero-order chi connectivity index (χ0) is 17.1. The molecule has 0 radical (unpaired) electrons. The van der Waals surface area contributed by atoms with Gasteiger partial charge in [-0.15, -0.1) is 10.2 Å². The highest BCUT2D eigenvalue weighted by Gasteiger charge is 2.22. The van der Waals surface area contributed by atoms with Gasteiger partial charge in [0, 0.05) is 5.56 Å². The second-order valence-electron chi connectivity index (χ2n) is 6.19. The molecule has 0 aliphatic carbocycles. The van der Waals surface area contributed by atoms with Gasteiger partial charge < -0.3 is 5.73 Å². The zero-order valence-electron chi connectivity index (χ0n) is 14.2. The maximum Gasteiger partial charge on any atom is 0.203 e. The highest BCUT2D eigenvalue weighted by Crippen LogP contribution is 2.32. The minimum Gasteiger partial charge on any atom is -0.374 e. The van der Waals surface area contributed by atoms with Gasteiger partial charge in [0.2, 0.25) is 5.13 Å². The van der Waals surface area contributed by atoms with Gasteiger partial charge >= 0.3 is 0 Å². The summed E-state index contributed by atoms with van der Waals surface area (Å²) in [5, 5.41) is 7.98. The maximum atomic E-state index is 12.9. The minimum atomic E-state index is -0.218. The molecule has 1 heterocycles. The molecule has 0 bridgehead atoms. The molecule has 0 aliphatic heterocycles. The fourth-order valence-corrected chi connectivity index (χ4v) is 4.18. The van der Waals surface area contributed by atoms with Crippen molar-refractivity contribution < 1.29 is 4.79 Å². The molecule has 1 aromatic carbocycles. The molecule has 2 rings (SSSR count). The van der Waals surface area contributed by atoms with Crippen molar-refractivity contribution in [3.05, 3.63) is 34.9 Å². The van der Waals surface area contributed by atoms with E-state index in [9.17, 15) is 4.79 Å². The van der Waals surface area contributed by atoms with E-state index in [4.69, 9.17) is 5.73 Å². The van der Waals surface area contributed by atoms with Crippen LogP contribution in [-0.4, -0.2) is 21.2 Å². The molecule has 6 heteroatoms. The molecule has 124 valence electrons. The van der Waals surface area contributed by atoms with Crippen LogP contribution in [0.15, 0.2) is 22.5 Å². The number of hydrogen-bond donors (Lipinski definition) is 1. The maximum absolute atomic E-state index is 12.9. The topological polar surface area (TPSA) is 68.9 Å². The summed E-state index contributed by atoms with van der Waals surface area (Å²) < 4.78 is 0.730. The van der Waals surface area contributed by atoms with Crippen LogP contribution >= 0.6 is 23.1 Å². The van der Waals surface area contributed by atoms with Crippen molar-refractivity contribution in [3.8, 4) is 0 Å². The van der Waals surface area contributed by atoms with Crippen LogP contribution < -0.4 is 5.73 Å². The Morgan fingerprint density at radius 3 is 2.35 bits per heavy atom. The molecule has 0 saturated carbocycles. The zero-order valence-corrected chi connectivity index (χ0v) is 15.8. The minimum absolute atomic E-state index is 0.128. The second-order valence-corrected chi connectivity index (χ2v) is 8.78. The fourth-order valence-electron chi connectivity index (χ4n) is 2.33. The monoisotopic (exact) mass is 349 g/mol. The number of aromatic nitrogens is 2. The number of benzene rings is 1. The number of carbonyl (C=O) groups is 1. The first-order valence-corrected chi connectivity index (χ1v) is 9.43. The quantitative estimate of drug-likeness (QED) is 0.603. The van der Waals surface area contributed by atoms with E-state index in [1.54, 1.807) is 0 Å². The normalized spacial score (nSPS) is 12.8. The number of Topliss-reactive ketones (excluding diaryl/α,β-unsaturated/α-hetero) is 1. The first-order chi connectivity index (χ1) is 10.8. The van der Waals surface area contributed by atoms with Crippen molar-refractivity contribution in [2.75, 3.05) is 5.73 Å². The summed E-state index contributed by atoms with van der Waals surface area (Å²) in [4.78, 5) is 12.9. The molecule has 1 aromatic heterocycles. The van der Waals surface area contributed by atoms with E-state index >= 15 is 0 Å². The van der Waals surface area contributed by atoms with Gasteiger partial charge in [0.15, 0.2) is 10.1 Å². The molecule has 0 spiro atoms. The lowest BCUT2D eigenvalue weighted by molar-refractivity contribution is 0.0992. The summed E-state index contributed by atoms with van der Waals surface area (Å²) in [6.07, 6.45) is 0. The molecule has 4 nitrogen and oxygen atoms in total. The third kappa shape index (κ3) is 4.32. The summed E-state index contributed by atoms with van der Waals surface area (Å²) in [6, 6.07) is 6.20. The molecule has 0 fully saturated rings. The Balaban J connectivity index is 2.27. The molecular formula is C17H23N3OS2. The second kappa shape index (κ2) is 7.45. The largest absolute Gasteiger partial charge is 0.374 e. The third-order valence-electron chi connectivity index (χ3n) is 3.70. The Morgan fingerprint density at radius 2 is 1.83 bits per heavy atom. The highest BCUT2D eigenvalue weighted by atomic mass is 32.2. The molecule has 23 heavy (non-hydrogen) atoms. The lowest BCUT2D eigenvalue weighted by Gasteiger charge is -2.17. The Kier molecular flexibility index (Phi) is 5.81. The van der Waals surface area contributed by atoms with Crippen LogP contribution in [0, 0.1) is 0 Å². The lowest BCUT2D eigenvalue weighted by Crippen LogP contribution is -2.16. The first kappa shape index (κ1) is 17.9. The number of nitrogen functional groups attached to an aromatic ring is 1. The van der Waals surface area contributed by atoms with Crippen molar-refractivity contribution in [3.63, 3.8) is 0 Å². The fraction of sp³-hybridized carbons (Fsp3) is 0.471. The Morgan fingerprint density at radius 1 is 1.13 bits per heavy atom. The van der Waals surface area contributed by atoms with E-state index in [0.717, 1.165) is 15.5 Å². The first-order valence-electron chi connectivity index (χ1n) is 7.73. The van der Waals surface area contributed by atoms with Gasteiger partial charge in [-0.1, -0.05) is 69.0 Å². The van der Waals surface area contributed by atoms with Gasteiger partial charge in [0.05, 0.1) is 5.25 Å². The molecule has 1 unspecified atom stereocenters. The predicted molar refractivity (Wildman–Crippen MR) is 98.6 cm³/mol. The number of anilines is 1. The van der Waals surface area contributed by atoms with Crippen LogP contribution in [0.3, 0.4) is 0 Å². The Hall–Kier alpha value is -1.40. The lowest BCUT2D eigenvalue weighted by atomic mass is 9.89. The van der Waals surface area contributed by atoms with Gasteiger partial charge in [0.25, 0.3) is 0 Å². The molecule has 0 amide bonds. The summed E-state index contributed by atoms with van der Waals surface area (Å²) >= 11 is 2.73. The molecule has 2 aromatic rings. The van der Waals surface area contributed by atoms with E-state index in [0.29, 0.717) is 17.0 Å². The standard InChI is InChI=1S/C17H23N3OS2/c1-9(2)12-6-7-13(14(8-12)10(3)4)15(21)11(5)22-17-20-19-16(18)23-17/h6-11H,1-5H3,(H2,18,19). The number of nitrogens with two attached hydrogens (primary N) is 1. The van der Waals surface area contributed by atoms with Crippen LogP contribution in [0.25, 0.3) is 0 Å². The smallest absolute Gasteiger partial charge is 0.203 e. The van der Waals surface area contributed by atoms with E-state index in [2.05, 4.69) is 50.0 Å². The summed E-state index contributed by atoms with van der Waals surface area (Å²) in [6.45, 7) is 10.5. The average molecular weight is 350 g/mol. The molecule has 2 N–H and O–H groups in total. The van der Waals surface area contributed by atoms with Crippen molar-refractivity contribution in [2.24, 2.45) is 0 Å². The van der Waals surface area contributed by atoms with E-state index < -0.39 is 0 Å². The van der Waals surface area contributed by atoms with Crippen LogP contribution in [0.2, 0.25) is 0 Å². The third-order valence-corrected chi connectivity index (χ3v) is 5.64. The molecule has 1 atom stereocenters. The van der Waals surface area contributed by atoms with Gasteiger partial charge in [-0.05, 0) is 29.9 Å².